The van der Waals surface area contributed by atoms with Crippen LogP contribution in [-0.2, 0) is 9.53 Å². The quantitative estimate of drug-likeness (QED) is 0.263. The Labute approximate surface area is 99.1 Å². The van der Waals surface area contributed by atoms with E-state index >= 15 is 0 Å². The molecule has 15 heavy (non-hydrogen) atoms. The lowest BCUT2D eigenvalue weighted by molar-refractivity contribution is -0.961. The van der Waals surface area contributed by atoms with E-state index in [2.05, 4.69) is 27.6 Å². The van der Waals surface area contributed by atoms with Gasteiger partial charge >= 0.3 is 5.97 Å². The van der Waals surface area contributed by atoms with Crippen LogP contribution in [0.5, 0.6) is 0 Å². The summed E-state index contributed by atoms with van der Waals surface area (Å²) in [6.45, 7) is 10.4. The topological polar surface area (TPSA) is 26.3 Å². The first-order chi connectivity index (χ1) is 6.33. The molecule has 0 radical (unpaired) electrons. The molecule has 0 spiro atoms. The molecule has 1 unspecified atom stereocenters. The molecule has 90 valence electrons. The van der Waals surface area contributed by atoms with Gasteiger partial charge in [0.25, 0.3) is 0 Å². The Bertz CT molecular complexity index is 229. The maximum Gasteiger partial charge on any atom is 0.334 e. The molecule has 0 aromatic heterocycles. The monoisotopic (exact) mass is 235 g/mol. The number of nitrogens with zero attached hydrogens (tertiary/aromatic N) is 1. The van der Waals surface area contributed by atoms with Gasteiger partial charge in [0.15, 0.2) is 0 Å². The van der Waals surface area contributed by atoms with E-state index in [4.69, 9.17) is 4.74 Å². The van der Waals surface area contributed by atoms with Crippen molar-refractivity contribution in [1.29, 1.82) is 0 Å². The highest BCUT2D eigenvalue weighted by Crippen LogP contribution is 2.25. The fourth-order valence-electron chi connectivity index (χ4n) is 1.22. The van der Waals surface area contributed by atoms with E-state index < -0.39 is 5.72 Å². The van der Waals surface area contributed by atoms with Crippen molar-refractivity contribution in [3.8, 4) is 0 Å². The average Bonchev–Trinajstić information content (AvgIpc) is 2.17. The Kier molecular flexibility index (Phi) is 6.90. The molecule has 0 saturated carbocycles. The van der Waals surface area contributed by atoms with Crippen LogP contribution in [0.25, 0.3) is 0 Å². The number of rotatable bonds is 5. The van der Waals surface area contributed by atoms with Crippen LogP contribution in [-0.4, -0.2) is 36.8 Å². The van der Waals surface area contributed by atoms with Crippen molar-refractivity contribution in [2.75, 3.05) is 20.6 Å². The first-order valence-corrected chi connectivity index (χ1v) is 5.01. The second kappa shape index (κ2) is 6.13. The van der Waals surface area contributed by atoms with E-state index in [1.807, 2.05) is 13.8 Å². The summed E-state index contributed by atoms with van der Waals surface area (Å²) in [6.07, 6.45) is 2.00. The summed E-state index contributed by atoms with van der Waals surface area (Å²) < 4.78 is 6.06. The molecule has 0 fully saturated rings. The molecular weight excluding hydrogens is 214 g/mol. The second-order valence-corrected chi connectivity index (χ2v) is 4.16. The van der Waals surface area contributed by atoms with Crippen LogP contribution in [0.15, 0.2) is 12.7 Å². The molecule has 0 aliphatic heterocycles. The SMILES string of the molecule is C=CC(=O)OC(C)(CC)[N+](C)(C)CC.[Cl-]. The molecule has 0 saturated heterocycles. The van der Waals surface area contributed by atoms with Gasteiger partial charge < -0.3 is 17.1 Å². The van der Waals surface area contributed by atoms with Gasteiger partial charge in [0.2, 0.25) is 5.72 Å². The zero-order valence-corrected chi connectivity index (χ0v) is 11.1. The van der Waals surface area contributed by atoms with Crippen molar-refractivity contribution in [2.45, 2.75) is 32.9 Å². The summed E-state index contributed by atoms with van der Waals surface area (Å²) in [7, 11) is 4.11. The average molecular weight is 236 g/mol. The van der Waals surface area contributed by atoms with Gasteiger partial charge in [-0.1, -0.05) is 13.5 Å². The van der Waals surface area contributed by atoms with E-state index in [9.17, 15) is 4.79 Å². The highest BCUT2D eigenvalue weighted by Gasteiger charge is 2.41. The highest BCUT2D eigenvalue weighted by atomic mass is 35.5. The number of ether oxygens (including phenoxy) is 1. The van der Waals surface area contributed by atoms with Crippen LogP contribution < -0.4 is 12.4 Å². The maximum absolute atomic E-state index is 11.2. The zero-order chi connectivity index (χ0) is 11.4. The van der Waals surface area contributed by atoms with Crippen molar-refractivity contribution in [2.24, 2.45) is 0 Å². The van der Waals surface area contributed by atoms with E-state index in [-0.39, 0.29) is 18.4 Å². The summed E-state index contributed by atoms with van der Waals surface area (Å²) in [5.74, 6) is -0.353. The minimum absolute atomic E-state index is 0. The van der Waals surface area contributed by atoms with E-state index in [0.29, 0.717) is 4.48 Å². The molecule has 0 aliphatic carbocycles. The van der Waals surface area contributed by atoms with Crippen molar-refractivity contribution in [3.05, 3.63) is 12.7 Å². The standard InChI is InChI=1S/C11H22NO2.ClH/c1-7-10(13)14-11(4,8-2)12(5,6)9-3;/h7H,1,8-9H2,2-6H3;1H/q+1;/p-1. The molecule has 0 N–H and O–H groups in total. The number of esters is 1. The molecule has 0 aromatic rings. The molecule has 4 heteroatoms. The van der Waals surface area contributed by atoms with Gasteiger partial charge in [0.1, 0.15) is 0 Å². The molecule has 3 nitrogen and oxygen atoms in total. The maximum atomic E-state index is 11.2. The number of carbonyl (C=O) groups is 1. The molecule has 0 bridgehead atoms. The van der Waals surface area contributed by atoms with Crippen LogP contribution in [0, 0.1) is 0 Å². The molecule has 0 rings (SSSR count). The fraction of sp³-hybridized carbons (Fsp3) is 0.727. The predicted octanol–water partition coefficient (Wildman–Crippen LogP) is -1.06. The van der Waals surface area contributed by atoms with Crippen LogP contribution in [0.4, 0.5) is 0 Å². The summed E-state index contributed by atoms with van der Waals surface area (Å²) in [5.41, 5.74) is -0.472. The Morgan fingerprint density at radius 2 is 1.93 bits per heavy atom. The highest BCUT2D eigenvalue weighted by molar-refractivity contribution is 5.81. The summed E-state index contributed by atoms with van der Waals surface area (Å²) >= 11 is 0. The molecule has 0 heterocycles. The summed E-state index contributed by atoms with van der Waals surface area (Å²) in [5, 5.41) is 0. The molecule has 0 aliphatic rings. The van der Waals surface area contributed by atoms with E-state index in [1.54, 1.807) is 0 Å². The Hall–Kier alpha value is -0.540. The number of halogens is 1. The van der Waals surface area contributed by atoms with Crippen LogP contribution in [0.1, 0.15) is 27.2 Å². The van der Waals surface area contributed by atoms with Crippen molar-refractivity contribution >= 4 is 5.97 Å². The molecule has 1 atom stereocenters. The van der Waals surface area contributed by atoms with Gasteiger partial charge in [-0.2, -0.15) is 0 Å². The lowest BCUT2D eigenvalue weighted by Crippen LogP contribution is -3.00. The third-order valence-electron chi connectivity index (χ3n) is 3.21. The van der Waals surface area contributed by atoms with Crippen LogP contribution in [0.2, 0.25) is 0 Å². The van der Waals surface area contributed by atoms with Gasteiger partial charge in [-0.25, -0.2) is 4.79 Å². The van der Waals surface area contributed by atoms with Crippen molar-refractivity contribution in [1.82, 2.24) is 0 Å². The fourth-order valence-corrected chi connectivity index (χ4v) is 1.22. The van der Waals surface area contributed by atoms with Gasteiger partial charge in [-0.05, 0) is 6.92 Å². The largest absolute Gasteiger partial charge is 1.00 e. The third-order valence-corrected chi connectivity index (χ3v) is 3.21. The normalized spacial score (nSPS) is 14.7. The number of carbonyl (C=O) groups excluding carboxylic acids is 1. The van der Waals surface area contributed by atoms with Gasteiger partial charge in [0.05, 0.1) is 20.6 Å². The minimum atomic E-state index is -0.472. The Morgan fingerprint density at radius 3 is 2.20 bits per heavy atom. The third kappa shape index (κ3) is 3.84. The van der Waals surface area contributed by atoms with Crippen molar-refractivity contribution in [3.63, 3.8) is 0 Å². The predicted molar refractivity (Wildman–Crippen MR) is 57.6 cm³/mol. The van der Waals surface area contributed by atoms with Gasteiger partial charge in [-0.3, -0.25) is 4.48 Å². The summed E-state index contributed by atoms with van der Waals surface area (Å²) in [6, 6.07) is 0. The zero-order valence-electron chi connectivity index (χ0n) is 10.3. The van der Waals surface area contributed by atoms with E-state index in [0.717, 1.165) is 13.0 Å². The lowest BCUT2D eigenvalue weighted by atomic mass is 10.1. The van der Waals surface area contributed by atoms with Gasteiger partial charge in [0, 0.05) is 19.4 Å². The van der Waals surface area contributed by atoms with Gasteiger partial charge in [-0.15, -0.1) is 0 Å². The Balaban J connectivity index is 0. The molecular formula is C11H22ClNO2. The first-order valence-electron chi connectivity index (χ1n) is 5.01. The number of hydrogen-bond acceptors (Lipinski definition) is 2. The molecule has 0 amide bonds. The van der Waals surface area contributed by atoms with Crippen molar-refractivity contribution < 1.29 is 26.4 Å². The minimum Gasteiger partial charge on any atom is -1.00 e. The van der Waals surface area contributed by atoms with E-state index in [1.165, 1.54) is 6.08 Å². The second-order valence-electron chi connectivity index (χ2n) is 4.16. The first kappa shape index (κ1) is 16.9. The molecule has 0 aromatic carbocycles. The number of hydrogen-bond donors (Lipinski definition) is 0. The van der Waals surface area contributed by atoms with Crippen LogP contribution >= 0.6 is 0 Å². The van der Waals surface area contributed by atoms with Crippen LogP contribution in [0.3, 0.4) is 0 Å². The number of quaternary nitrogens is 1. The smallest absolute Gasteiger partial charge is 0.334 e. The summed E-state index contributed by atoms with van der Waals surface area (Å²) in [4.78, 5) is 11.2. The lowest BCUT2D eigenvalue weighted by Gasteiger charge is -2.44. The Morgan fingerprint density at radius 1 is 1.47 bits per heavy atom.